The molecule has 2 aromatic carbocycles. The lowest BCUT2D eigenvalue weighted by Crippen LogP contribution is -2.23. The summed E-state index contributed by atoms with van der Waals surface area (Å²) in [6.07, 6.45) is 0. The van der Waals surface area contributed by atoms with E-state index in [1.165, 1.54) is 6.07 Å². The van der Waals surface area contributed by atoms with Crippen LogP contribution < -0.4 is 0 Å². The molecule has 0 spiro atoms. The van der Waals surface area contributed by atoms with Gasteiger partial charge in [0.05, 0.1) is 11.0 Å². The maximum Gasteiger partial charge on any atom is 0.303 e. The van der Waals surface area contributed by atoms with Crippen LogP contribution >= 0.6 is 0 Å². The van der Waals surface area contributed by atoms with Gasteiger partial charge in [-0.25, -0.2) is 4.98 Å². The number of hydrogen-bond donors (Lipinski definition) is 2. The van der Waals surface area contributed by atoms with Crippen LogP contribution in [0.15, 0.2) is 48.5 Å². The molecule has 0 bridgehead atoms. The fourth-order valence-corrected chi connectivity index (χ4v) is 2.31. The highest BCUT2D eigenvalue weighted by atomic mass is 16.8. The van der Waals surface area contributed by atoms with Crippen LogP contribution in [0.25, 0.3) is 22.4 Å². The van der Waals surface area contributed by atoms with Crippen LogP contribution in [0.4, 0.5) is 0 Å². The monoisotopic (exact) mass is 283 g/mol. The lowest BCUT2D eigenvalue weighted by molar-refractivity contribution is -0.260. The average Bonchev–Trinajstić information content (AvgIpc) is 2.84. The first-order valence-corrected chi connectivity index (χ1v) is 6.32. The van der Waals surface area contributed by atoms with E-state index < -0.39 is 11.1 Å². The molecule has 6 heteroatoms. The number of nitrogens with zero attached hydrogens (tertiary/aromatic N) is 3. The number of aryl methyl sites for hydroxylation is 1. The van der Waals surface area contributed by atoms with E-state index in [-0.39, 0.29) is 5.56 Å². The first-order valence-electron chi connectivity index (χ1n) is 6.32. The Hall–Kier alpha value is -2.70. The van der Waals surface area contributed by atoms with Crippen molar-refractivity contribution < 1.29 is 15.2 Å². The van der Waals surface area contributed by atoms with Crippen molar-refractivity contribution in [2.45, 2.75) is 0 Å². The summed E-state index contributed by atoms with van der Waals surface area (Å²) in [4.78, 5) is 16.1. The van der Waals surface area contributed by atoms with Crippen LogP contribution in [0, 0.1) is 0 Å². The first kappa shape index (κ1) is 13.3. The van der Waals surface area contributed by atoms with Crippen molar-refractivity contribution in [2.75, 3.05) is 0 Å². The summed E-state index contributed by atoms with van der Waals surface area (Å²) in [6, 6.07) is 14.3. The number of fused-ring (bicyclic) bond motifs is 1. The number of carbonyl (C=O) groups is 1. The predicted molar refractivity (Wildman–Crippen MR) is 75.9 cm³/mol. The van der Waals surface area contributed by atoms with Crippen molar-refractivity contribution in [3.05, 3.63) is 54.1 Å². The van der Waals surface area contributed by atoms with E-state index in [0.29, 0.717) is 5.82 Å². The van der Waals surface area contributed by atoms with Crippen LogP contribution in [0.3, 0.4) is 0 Å². The van der Waals surface area contributed by atoms with Gasteiger partial charge in [-0.3, -0.25) is 15.2 Å². The highest BCUT2D eigenvalue weighted by Gasteiger charge is 2.14. The van der Waals surface area contributed by atoms with Crippen LogP contribution in [-0.2, 0) is 7.05 Å². The molecule has 2 N–H and O–H groups in total. The average molecular weight is 283 g/mol. The minimum Gasteiger partial charge on any atom is -0.327 e. The minimum atomic E-state index is -0.893. The van der Waals surface area contributed by atoms with Gasteiger partial charge in [-0.05, 0) is 24.3 Å². The number of rotatable bonds is 2. The Morgan fingerprint density at radius 1 is 1.14 bits per heavy atom. The molecular weight excluding hydrogens is 270 g/mol. The summed E-state index contributed by atoms with van der Waals surface area (Å²) in [6.45, 7) is 0. The van der Waals surface area contributed by atoms with Gasteiger partial charge in [0.2, 0.25) is 0 Å². The lowest BCUT2D eigenvalue weighted by atomic mass is 10.1. The van der Waals surface area contributed by atoms with Crippen LogP contribution in [0.5, 0.6) is 0 Å². The zero-order valence-electron chi connectivity index (χ0n) is 11.3. The Balaban J connectivity index is 2.13. The molecule has 0 radical (unpaired) electrons. The van der Waals surface area contributed by atoms with Crippen LogP contribution in [0.1, 0.15) is 10.4 Å². The molecule has 1 aromatic heterocycles. The number of aromatic nitrogens is 2. The third kappa shape index (κ3) is 2.26. The second-order valence-corrected chi connectivity index (χ2v) is 4.66. The third-order valence-corrected chi connectivity index (χ3v) is 3.34. The molecule has 21 heavy (non-hydrogen) atoms. The Bertz CT molecular complexity index is 824. The van der Waals surface area contributed by atoms with Crippen molar-refractivity contribution in [1.82, 2.24) is 14.8 Å². The summed E-state index contributed by atoms with van der Waals surface area (Å²) >= 11 is 0. The quantitative estimate of drug-likeness (QED) is 0.559. The van der Waals surface area contributed by atoms with Gasteiger partial charge in [0.15, 0.2) is 0 Å². The minimum absolute atomic E-state index is 0.171. The van der Waals surface area contributed by atoms with E-state index in [9.17, 15) is 4.79 Å². The summed E-state index contributed by atoms with van der Waals surface area (Å²) in [7, 11) is 1.89. The summed E-state index contributed by atoms with van der Waals surface area (Å²) in [5, 5.41) is 17.2. The van der Waals surface area contributed by atoms with Crippen molar-refractivity contribution >= 4 is 16.9 Å². The van der Waals surface area contributed by atoms with Crippen LogP contribution in [0.2, 0.25) is 0 Å². The molecule has 1 amide bonds. The molecule has 3 rings (SSSR count). The standard InChI is InChI=1S/C15H13N3O3/c1-17-13-8-3-2-7-12(13)16-14(17)10-5-4-6-11(9-10)15(19)18(20)21/h2-9,20-21H,1H3. The summed E-state index contributed by atoms with van der Waals surface area (Å²) in [5.74, 6) is -0.191. The summed E-state index contributed by atoms with van der Waals surface area (Å²) < 4.78 is 1.93. The highest BCUT2D eigenvalue weighted by Crippen LogP contribution is 2.24. The van der Waals surface area contributed by atoms with Crippen molar-refractivity contribution in [3.8, 4) is 11.4 Å². The molecule has 0 atom stereocenters. The molecule has 0 saturated carbocycles. The number of carbonyl (C=O) groups excluding carboxylic acids is 1. The van der Waals surface area contributed by atoms with Gasteiger partial charge in [0.1, 0.15) is 5.82 Å². The van der Waals surface area contributed by atoms with Gasteiger partial charge in [-0.2, -0.15) is 0 Å². The molecule has 0 aliphatic heterocycles. The van der Waals surface area contributed by atoms with Gasteiger partial charge >= 0.3 is 5.91 Å². The molecule has 0 aliphatic rings. The number of benzene rings is 2. The normalized spacial score (nSPS) is 10.8. The van der Waals surface area contributed by atoms with Crippen molar-refractivity contribution in [3.63, 3.8) is 0 Å². The Kier molecular flexibility index (Phi) is 3.17. The Morgan fingerprint density at radius 3 is 2.62 bits per heavy atom. The number of para-hydroxylation sites is 2. The molecule has 106 valence electrons. The highest BCUT2D eigenvalue weighted by molar-refractivity contribution is 5.94. The molecule has 0 saturated heterocycles. The second kappa shape index (κ2) is 5.01. The molecule has 1 heterocycles. The molecule has 3 aromatic rings. The van der Waals surface area contributed by atoms with Gasteiger partial charge < -0.3 is 4.57 Å². The van der Waals surface area contributed by atoms with Gasteiger partial charge in [-0.1, -0.05) is 29.5 Å². The van der Waals surface area contributed by atoms with Gasteiger partial charge in [0.25, 0.3) is 0 Å². The predicted octanol–water partition coefficient (Wildman–Crippen LogP) is 2.46. The number of amides is 1. The van der Waals surface area contributed by atoms with E-state index in [2.05, 4.69) is 4.98 Å². The molecular formula is C15H13N3O3. The van der Waals surface area contributed by atoms with Crippen molar-refractivity contribution in [2.24, 2.45) is 7.05 Å². The first-order chi connectivity index (χ1) is 10.1. The maximum atomic E-state index is 11.6. The molecule has 0 unspecified atom stereocenters. The zero-order chi connectivity index (χ0) is 15.0. The second-order valence-electron chi connectivity index (χ2n) is 4.66. The maximum absolute atomic E-state index is 11.6. The fraction of sp³-hybridized carbons (Fsp3) is 0.0667. The smallest absolute Gasteiger partial charge is 0.303 e. The van der Waals surface area contributed by atoms with Gasteiger partial charge in [-0.15, -0.1) is 0 Å². The summed E-state index contributed by atoms with van der Waals surface area (Å²) in [5.41, 5.74) is 2.74. The van der Waals surface area contributed by atoms with Crippen molar-refractivity contribution in [1.29, 1.82) is 0 Å². The Labute approximate surface area is 120 Å². The fourth-order valence-electron chi connectivity index (χ4n) is 2.31. The topological polar surface area (TPSA) is 78.6 Å². The van der Waals surface area contributed by atoms with E-state index >= 15 is 0 Å². The number of imidazole rings is 1. The van der Waals surface area contributed by atoms with E-state index in [4.69, 9.17) is 10.4 Å². The lowest BCUT2D eigenvalue weighted by Gasteiger charge is -2.08. The molecule has 0 aliphatic carbocycles. The number of hydrogen-bond acceptors (Lipinski definition) is 4. The SMILES string of the molecule is Cn1c(-c2cccc(C(=O)N(O)O)c2)nc2ccccc21. The van der Waals surface area contributed by atoms with E-state index in [1.54, 1.807) is 12.1 Å². The van der Waals surface area contributed by atoms with E-state index in [1.807, 2.05) is 41.9 Å². The van der Waals surface area contributed by atoms with Gasteiger partial charge in [0, 0.05) is 18.2 Å². The largest absolute Gasteiger partial charge is 0.327 e. The number of hydroxylamine groups is 2. The molecule has 6 nitrogen and oxygen atoms in total. The Morgan fingerprint density at radius 2 is 1.90 bits per heavy atom. The van der Waals surface area contributed by atoms with Crippen LogP contribution in [-0.4, -0.2) is 31.1 Å². The third-order valence-electron chi connectivity index (χ3n) is 3.34. The zero-order valence-corrected chi connectivity index (χ0v) is 11.3. The van der Waals surface area contributed by atoms with E-state index in [0.717, 1.165) is 16.6 Å². The molecule has 0 fully saturated rings.